The average molecular weight is 341 g/mol. The summed E-state index contributed by atoms with van der Waals surface area (Å²) in [7, 11) is 1.38. The Kier molecular flexibility index (Phi) is 7.70. The number of ketones is 1. The molecule has 0 spiro atoms. The molecule has 1 aliphatic heterocycles. The maximum absolute atomic E-state index is 12.3. The fraction of sp³-hybridized carbons (Fsp3) is 0.833. The quantitative estimate of drug-likeness (QED) is 0.548. The number of piperidine rings is 1. The molecule has 0 bridgehead atoms. The van der Waals surface area contributed by atoms with Crippen molar-refractivity contribution in [2.24, 2.45) is 11.3 Å². The van der Waals surface area contributed by atoms with Gasteiger partial charge in [0.05, 0.1) is 13.7 Å². The number of nitrogens with zero attached hydrogens (tertiary/aromatic N) is 1. The minimum Gasteiger partial charge on any atom is -0.466 e. The summed E-state index contributed by atoms with van der Waals surface area (Å²) in [6, 6.07) is -0.0263. The molecule has 6 nitrogen and oxygen atoms in total. The second kappa shape index (κ2) is 9.04. The minimum atomic E-state index is -0.468. The van der Waals surface area contributed by atoms with Crippen molar-refractivity contribution in [3.63, 3.8) is 0 Å². The van der Waals surface area contributed by atoms with Crippen LogP contribution in [0.4, 0.5) is 4.79 Å². The number of likely N-dealkylation sites (tertiary alicyclic amines) is 1. The number of rotatable bonds is 6. The molecule has 1 rings (SSSR count). The third-order valence-corrected chi connectivity index (χ3v) is 4.43. The van der Waals surface area contributed by atoms with E-state index in [9.17, 15) is 14.4 Å². The number of carbonyl (C=O) groups is 3. The summed E-state index contributed by atoms with van der Waals surface area (Å²) in [4.78, 5) is 37.6. The van der Waals surface area contributed by atoms with Gasteiger partial charge in [-0.15, -0.1) is 0 Å². The van der Waals surface area contributed by atoms with Gasteiger partial charge in [0.1, 0.15) is 12.2 Å². The molecule has 0 aromatic rings. The van der Waals surface area contributed by atoms with Crippen molar-refractivity contribution in [1.82, 2.24) is 4.90 Å². The molecule has 1 saturated heterocycles. The van der Waals surface area contributed by atoms with Crippen LogP contribution in [0.25, 0.3) is 0 Å². The molecule has 0 aromatic heterocycles. The molecule has 24 heavy (non-hydrogen) atoms. The van der Waals surface area contributed by atoms with Gasteiger partial charge in [0, 0.05) is 18.5 Å². The second-order valence-corrected chi connectivity index (χ2v) is 7.59. The highest BCUT2D eigenvalue weighted by Crippen LogP contribution is 2.31. The number of hydrogen-bond acceptors (Lipinski definition) is 5. The van der Waals surface area contributed by atoms with Crippen LogP contribution in [0.15, 0.2) is 0 Å². The predicted octanol–water partition coefficient (Wildman–Crippen LogP) is 3.18. The van der Waals surface area contributed by atoms with Gasteiger partial charge < -0.3 is 14.4 Å². The fourth-order valence-electron chi connectivity index (χ4n) is 3.07. The SMILES string of the molecule is CCOC(=O)CC(=O)[C@@H]1CCN(C(=O)OC)[C@@H](CCC(C)(C)C)C1. The average Bonchev–Trinajstić information content (AvgIpc) is 2.51. The molecular formula is C18H31NO5. The number of hydrogen-bond donors (Lipinski definition) is 0. The van der Waals surface area contributed by atoms with Crippen LogP contribution in [0.2, 0.25) is 0 Å². The summed E-state index contributed by atoms with van der Waals surface area (Å²) in [5.74, 6) is -0.747. The van der Waals surface area contributed by atoms with E-state index < -0.39 is 5.97 Å². The summed E-state index contributed by atoms with van der Waals surface area (Å²) in [6.45, 7) is 8.95. The zero-order chi connectivity index (χ0) is 18.3. The lowest BCUT2D eigenvalue weighted by atomic mass is 9.81. The lowest BCUT2D eigenvalue weighted by molar-refractivity contribution is -0.146. The zero-order valence-electron chi connectivity index (χ0n) is 15.6. The van der Waals surface area contributed by atoms with E-state index in [2.05, 4.69) is 20.8 Å². The van der Waals surface area contributed by atoms with Gasteiger partial charge in [-0.2, -0.15) is 0 Å². The Balaban J connectivity index is 2.71. The smallest absolute Gasteiger partial charge is 0.409 e. The van der Waals surface area contributed by atoms with Crippen LogP contribution in [-0.2, 0) is 19.1 Å². The maximum Gasteiger partial charge on any atom is 0.409 e. The summed E-state index contributed by atoms with van der Waals surface area (Å²) in [5, 5.41) is 0. The van der Waals surface area contributed by atoms with E-state index in [0.717, 1.165) is 12.8 Å². The van der Waals surface area contributed by atoms with Crippen molar-refractivity contribution >= 4 is 17.8 Å². The Labute approximate surface area is 144 Å². The Hall–Kier alpha value is -1.59. The van der Waals surface area contributed by atoms with Gasteiger partial charge in [-0.3, -0.25) is 9.59 Å². The number of esters is 1. The van der Waals surface area contributed by atoms with Gasteiger partial charge >= 0.3 is 12.1 Å². The van der Waals surface area contributed by atoms with Crippen molar-refractivity contribution in [3.05, 3.63) is 0 Å². The summed E-state index contributed by atoms with van der Waals surface area (Å²) in [6.07, 6.45) is 2.40. The molecule has 138 valence electrons. The van der Waals surface area contributed by atoms with Gasteiger partial charge in [0.15, 0.2) is 0 Å². The highest BCUT2D eigenvalue weighted by Gasteiger charge is 2.36. The first-order chi connectivity index (χ1) is 11.2. The first-order valence-electron chi connectivity index (χ1n) is 8.71. The normalized spacial score (nSPS) is 21.3. The number of amides is 1. The van der Waals surface area contributed by atoms with Crippen LogP contribution in [0, 0.1) is 11.3 Å². The lowest BCUT2D eigenvalue weighted by Crippen LogP contribution is -2.48. The molecule has 1 heterocycles. The van der Waals surface area contributed by atoms with Crippen LogP contribution >= 0.6 is 0 Å². The van der Waals surface area contributed by atoms with Crippen molar-refractivity contribution in [2.45, 2.75) is 65.8 Å². The third kappa shape index (κ3) is 6.49. The van der Waals surface area contributed by atoms with E-state index in [1.807, 2.05) is 0 Å². The topological polar surface area (TPSA) is 72.9 Å². The molecule has 1 aliphatic rings. The van der Waals surface area contributed by atoms with Crippen molar-refractivity contribution in [2.75, 3.05) is 20.3 Å². The van der Waals surface area contributed by atoms with Crippen molar-refractivity contribution in [1.29, 1.82) is 0 Å². The molecule has 0 aliphatic carbocycles. The van der Waals surface area contributed by atoms with E-state index in [0.29, 0.717) is 19.4 Å². The molecule has 6 heteroatoms. The standard InChI is InChI=1S/C18H31NO5/c1-6-24-16(21)12-15(20)13-8-10-19(17(22)23-5)14(11-13)7-9-18(2,3)4/h13-14H,6-12H2,1-5H3/t13-,14+/m1/s1. The molecule has 0 N–H and O–H groups in total. The van der Waals surface area contributed by atoms with E-state index in [1.165, 1.54) is 7.11 Å². The molecule has 0 radical (unpaired) electrons. The van der Waals surface area contributed by atoms with Gasteiger partial charge in [0.25, 0.3) is 0 Å². The Morgan fingerprint density at radius 1 is 1.21 bits per heavy atom. The molecule has 1 amide bonds. The Morgan fingerprint density at radius 3 is 2.42 bits per heavy atom. The molecule has 1 fully saturated rings. The predicted molar refractivity (Wildman–Crippen MR) is 90.6 cm³/mol. The van der Waals surface area contributed by atoms with E-state index in [-0.39, 0.29) is 42.3 Å². The highest BCUT2D eigenvalue weighted by atomic mass is 16.5. The largest absolute Gasteiger partial charge is 0.466 e. The highest BCUT2D eigenvalue weighted by molar-refractivity contribution is 5.96. The fourth-order valence-corrected chi connectivity index (χ4v) is 3.07. The van der Waals surface area contributed by atoms with Gasteiger partial charge in [0.2, 0.25) is 0 Å². The molecule has 0 unspecified atom stereocenters. The lowest BCUT2D eigenvalue weighted by Gasteiger charge is -2.39. The van der Waals surface area contributed by atoms with E-state index in [4.69, 9.17) is 9.47 Å². The molecular weight excluding hydrogens is 310 g/mol. The van der Waals surface area contributed by atoms with Crippen LogP contribution in [-0.4, -0.2) is 49.0 Å². The first-order valence-corrected chi connectivity index (χ1v) is 8.71. The second-order valence-electron chi connectivity index (χ2n) is 7.59. The Morgan fingerprint density at radius 2 is 1.88 bits per heavy atom. The van der Waals surface area contributed by atoms with Crippen molar-refractivity contribution in [3.8, 4) is 0 Å². The van der Waals surface area contributed by atoms with Crippen LogP contribution in [0.1, 0.15) is 59.8 Å². The summed E-state index contributed by atoms with van der Waals surface area (Å²) < 4.78 is 9.73. The molecule has 0 aromatic carbocycles. The summed E-state index contributed by atoms with van der Waals surface area (Å²) in [5.41, 5.74) is 0.156. The van der Waals surface area contributed by atoms with Gasteiger partial charge in [-0.1, -0.05) is 20.8 Å². The maximum atomic E-state index is 12.3. The van der Waals surface area contributed by atoms with E-state index in [1.54, 1.807) is 11.8 Å². The van der Waals surface area contributed by atoms with Gasteiger partial charge in [-0.25, -0.2) is 4.79 Å². The van der Waals surface area contributed by atoms with Crippen LogP contribution < -0.4 is 0 Å². The van der Waals surface area contributed by atoms with Crippen LogP contribution in [0.5, 0.6) is 0 Å². The number of carbonyl (C=O) groups excluding carboxylic acids is 3. The number of ether oxygens (including phenoxy) is 2. The third-order valence-electron chi connectivity index (χ3n) is 4.43. The number of Topliss-reactive ketones (excluding diaryl/α,β-unsaturated/α-hetero) is 1. The van der Waals surface area contributed by atoms with E-state index >= 15 is 0 Å². The van der Waals surface area contributed by atoms with Crippen LogP contribution in [0.3, 0.4) is 0 Å². The molecule has 2 atom stereocenters. The summed E-state index contributed by atoms with van der Waals surface area (Å²) >= 11 is 0. The minimum absolute atomic E-state index is 0.0263. The first kappa shape index (κ1) is 20.5. The van der Waals surface area contributed by atoms with Crippen molar-refractivity contribution < 1.29 is 23.9 Å². The zero-order valence-corrected chi connectivity index (χ0v) is 15.6. The monoisotopic (exact) mass is 341 g/mol. The number of methoxy groups -OCH3 is 1. The van der Waals surface area contributed by atoms with Gasteiger partial charge in [-0.05, 0) is 38.0 Å². The molecule has 0 saturated carbocycles. The Bertz CT molecular complexity index is 455.